The van der Waals surface area contributed by atoms with Crippen LogP contribution in [0.5, 0.6) is 5.75 Å². The molecule has 0 saturated heterocycles. The van der Waals surface area contributed by atoms with Crippen molar-refractivity contribution in [2.24, 2.45) is 11.5 Å². The normalized spacial score (nSPS) is 11.2. The SMILES string of the molecule is NCCCCCCn1c(C(=O)O)cc2ccc(OCCCCCN)cc21. The van der Waals surface area contributed by atoms with Crippen molar-refractivity contribution < 1.29 is 14.6 Å². The van der Waals surface area contributed by atoms with Crippen molar-refractivity contribution in [1.29, 1.82) is 0 Å². The Labute approximate surface area is 155 Å². The Hall–Kier alpha value is -2.05. The number of unbranched alkanes of at least 4 members (excludes halogenated alkanes) is 5. The van der Waals surface area contributed by atoms with E-state index in [2.05, 4.69) is 0 Å². The van der Waals surface area contributed by atoms with E-state index in [4.69, 9.17) is 16.2 Å². The summed E-state index contributed by atoms with van der Waals surface area (Å²) in [5, 5.41) is 10.5. The number of ether oxygens (including phenoxy) is 1. The highest BCUT2D eigenvalue weighted by molar-refractivity contribution is 5.95. The Morgan fingerprint density at radius 3 is 2.35 bits per heavy atom. The second-order valence-corrected chi connectivity index (χ2v) is 6.61. The Morgan fingerprint density at radius 2 is 1.65 bits per heavy atom. The molecule has 2 rings (SSSR count). The van der Waals surface area contributed by atoms with E-state index in [1.54, 1.807) is 6.07 Å². The molecule has 0 aliphatic heterocycles. The highest BCUT2D eigenvalue weighted by atomic mass is 16.5. The number of nitrogens with two attached hydrogens (primary N) is 2. The van der Waals surface area contributed by atoms with Crippen LogP contribution >= 0.6 is 0 Å². The lowest BCUT2D eigenvalue weighted by Gasteiger charge is -2.10. The minimum atomic E-state index is -0.896. The van der Waals surface area contributed by atoms with Gasteiger partial charge in [0.05, 0.1) is 12.1 Å². The fourth-order valence-electron chi connectivity index (χ4n) is 3.12. The van der Waals surface area contributed by atoms with E-state index >= 15 is 0 Å². The molecule has 0 bridgehead atoms. The second-order valence-electron chi connectivity index (χ2n) is 6.61. The van der Waals surface area contributed by atoms with Crippen molar-refractivity contribution in [3.63, 3.8) is 0 Å². The zero-order valence-electron chi connectivity index (χ0n) is 15.5. The van der Waals surface area contributed by atoms with Crippen LogP contribution in [0.15, 0.2) is 24.3 Å². The first kappa shape index (κ1) is 20.3. The molecule has 1 heterocycles. The third-order valence-corrected chi connectivity index (χ3v) is 4.55. The number of aromatic nitrogens is 1. The molecule has 5 N–H and O–H groups in total. The monoisotopic (exact) mass is 361 g/mol. The average molecular weight is 361 g/mol. The fourth-order valence-corrected chi connectivity index (χ4v) is 3.12. The van der Waals surface area contributed by atoms with E-state index in [1.807, 2.05) is 22.8 Å². The Kier molecular flexibility index (Phi) is 8.44. The molecule has 0 radical (unpaired) electrons. The van der Waals surface area contributed by atoms with Crippen LogP contribution in [0.3, 0.4) is 0 Å². The molecular formula is C20H31N3O3. The van der Waals surface area contributed by atoms with Crippen LogP contribution in [-0.4, -0.2) is 35.3 Å². The number of carboxylic acid groups (broad SMARTS) is 1. The third kappa shape index (κ3) is 5.75. The minimum Gasteiger partial charge on any atom is -0.494 e. The maximum Gasteiger partial charge on any atom is 0.352 e. The standard InChI is InChI=1S/C20H31N3O3/c21-10-4-1-2-6-12-23-18-15-17(26-13-7-3-5-11-22)9-8-16(18)14-19(23)20(24)25/h8-9,14-15H,1-7,10-13,21-22H2,(H,24,25). The van der Waals surface area contributed by atoms with Crippen LogP contribution in [0.4, 0.5) is 0 Å². The molecule has 0 aliphatic carbocycles. The van der Waals surface area contributed by atoms with E-state index in [0.29, 0.717) is 31.9 Å². The lowest BCUT2D eigenvalue weighted by Crippen LogP contribution is -2.09. The van der Waals surface area contributed by atoms with E-state index in [0.717, 1.165) is 61.6 Å². The van der Waals surface area contributed by atoms with Gasteiger partial charge >= 0.3 is 5.97 Å². The smallest absolute Gasteiger partial charge is 0.352 e. The Bertz CT molecular complexity index is 697. The summed E-state index contributed by atoms with van der Waals surface area (Å²) in [6, 6.07) is 7.53. The highest BCUT2D eigenvalue weighted by Crippen LogP contribution is 2.26. The van der Waals surface area contributed by atoms with Gasteiger partial charge in [-0.1, -0.05) is 12.8 Å². The molecule has 0 amide bonds. The first-order chi connectivity index (χ1) is 12.7. The van der Waals surface area contributed by atoms with Gasteiger partial charge in [-0.05, 0) is 63.4 Å². The summed E-state index contributed by atoms with van der Waals surface area (Å²) in [4.78, 5) is 11.6. The quantitative estimate of drug-likeness (QED) is 0.475. The van der Waals surface area contributed by atoms with Crippen molar-refractivity contribution in [2.45, 2.75) is 51.5 Å². The van der Waals surface area contributed by atoms with Gasteiger partial charge in [0.1, 0.15) is 11.4 Å². The average Bonchev–Trinajstić information content (AvgIpc) is 3.00. The molecule has 1 aromatic heterocycles. The Balaban J connectivity index is 2.08. The molecule has 0 unspecified atom stereocenters. The maximum absolute atomic E-state index is 11.6. The summed E-state index contributed by atoms with van der Waals surface area (Å²) < 4.78 is 7.72. The first-order valence-electron chi connectivity index (χ1n) is 9.57. The summed E-state index contributed by atoms with van der Waals surface area (Å²) in [6.07, 6.45) is 7.12. The number of carboxylic acids is 1. The lowest BCUT2D eigenvalue weighted by molar-refractivity contribution is 0.0685. The number of aryl methyl sites for hydroxylation is 1. The predicted molar refractivity (Wildman–Crippen MR) is 105 cm³/mol. The number of aromatic carboxylic acids is 1. The van der Waals surface area contributed by atoms with E-state index in [-0.39, 0.29) is 0 Å². The molecule has 0 spiro atoms. The number of benzene rings is 1. The van der Waals surface area contributed by atoms with Gasteiger partial charge in [0.2, 0.25) is 0 Å². The maximum atomic E-state index is 11.6. The van der Waals surface area contributed by atoms with Gasteiger partial charge in [0.25, 0.3) is 0 Å². The van der Waals surface area contributed by atoms with Gasteiger partial charge in [0, 0.05) is 18.0 Å². The zero-order chi connectivity index (χ0) is 18.8. The molecule has 6 heteroatoms. The highest BCUT2D eigenvalue weighted by Gasteiger charge is 2.15. The molecule has 144 valence electrons. The molecule has 0 atom stereocenters. The van der Waals surface area contributed by atoms with Crippen molar-refractivity contribution in [3.05, 3.63) is 30.0 Å². The molecule has 26 heavy (non-hydrogen) atoms. The number of carbonyl (C=O) groups is 1. The van der Waals surface area contributed by atoms with Gasteiger partial charge < -0.3 is 25.9 Å². The van der Waals surface area contributed by atoms with E-state index < -0.39 is 5.97 Å². The molecule has 0 saturated carbocycles. The number of fused-ring (bicyclic) bond motifs is 1. The largest absolute Gasteiger partial charge is 0.494 e. The van der Waals surface area contributed by atoms with E-state index in [1.165, 1.54) is 0 Å². The predicted octanol–water partition coefficient (Wildman–Crippen LogP) is 3.37. The van der Waals surface area contributed by atoms with Crippen molar-refractivity contribution in [3.8, 4) is 5.75 Å². The van der Waals surface area contributed by atoms with Gasteiger partial charge in [-0.2, -0.15) is 0 Å². The number of rotatable bonds is 13. The number of hydrogen-bond acceptors (Lipinski definition) is 4. The summed E-state index contributed by atoms with van der Waals surface area (Å²) in [5.41, 5.74) is 12.3. The fraction of sp³-hybridized carbons (Fsp3) is 0.550. The van der Waals surface area contributed by atoms with Crippen LogP contribution in [0.1, 0.15) is 55.4 Å². The van der Waals surface area contributed by atoms with Crippen molar-refractivity contribution >= 4 is 16.9 Å². The molecule has 0 fully saturated rings. The molecule has 2 aromatic rings. The van der Waals surface area contributed by atoms with Crippen molar-refractivity contribution in [1.82, 2.24) is 4.57 Å². The Morgan fingerprint density at radius 1 is 0.962 bits per heavy atom. The summed E-state index contributed by atoms with van der Waals surface area (Å²) in [5.74, 6) is -0.114. The van der Waals surface area contributed by atoms with Crippen molar-refractivity contribution in [2.75, 3.05) is 19.7 Å². The first-order valence-corrected chi connectivity index (χ1v) is 9.57. The summed E-state index contributed by atoms with van der Waals surface area (Å²) in [7, 11) is 0. The van der Waals surface area contributed by atoms with Gasteiger partial charge in [-0.3, -0.25) is 0 Å². The summed E-state index contributed by atoms with van der Waals surface area (Å²) in [6.45, 7) is 2.76. The number of hydrogen-bond donors (Lipinski definition) is 3. The second kappa shape index (κ2) is 10.8. The van der Waals surface area contributed by atoms with Crippen LogP contribution in [0, 0.1) is 0 Å². The zero-order valence-corrected chi connectivity index (χ0v) is 15.5. The lowest BCUT2D eigenvalue weighted by atomic mass is 10.2. The molecule has 0 aliphatic rings. The third-order valence-electron chi connectivity index (χ3n) is 4.55. The molecule has 6 nitrogen and oxygen atoms in total. The molecular weight excluding hydrogens is 330 g/mol. The van der Waals surface area contributed by atoms with Crippen LogP contribution in [0.2, 0.25) is 0 Å². The number of nitrogens with zero attached hydrogens (tertiary/aromatic N) is 1. The van der Waals surface area contributed by atoms with E-state index in [9.17, 15) is 9.90 Å². The van der Waals surface area contributed by atoms with Crippen LogP contribution < -0.4 is 16.2 Å². The van der Waals surface area contributed by atoms with Gasteiger partial charge in [0.15, 0.2) is 0 Å². The van der Waals surface area contributed by atoms with Gasteiger partial charge in [-0.25, -0.2) is 4.79 Å². The topological polar surface area (TPSA) is 104 Å². The van der Waals surface area contributed by atoms with Crippen LogP contribution in [-0.2, 0) is 6.54 Å². The van der Waals surface area contributed by atoms with Crippen LogP contribution in [0.25, 0.3) is 10.9 Å². The minimum absolute atomic E-state index is 0.332. The summed E-state index contributed by atoms with van der Waals surface area (Å²) >= 11 is 0. The molecule has 1 aromatic carbocycles. The van der Waals surface area contributed by atoms with Gasteiger partial charge in [-0.15, -0.1) is 0 Å².